The van der Waals surface area contributed by atoms with Crippen LogP contribution in [0.25, 0.3) is 0 Å². The SMILES string of the molecule is C=C(/C=C(\C=O)C(=O)O)C1=CC=C(C(F)(F)P)N(C)C1. The number of aldehydes is 1. The van der Waals surface area contributed by atoms with E-state index in [4.69, 9.17) is 5.11 Å². The molecule has 108 valence electrons. The maximum Gasteiger partial charge on any atom is 0.339 e. The number of carboxylic acids is 1. The van der Waals surface area contributed by atoms with Crippen molar-refractivity contribution in [2.75, 3.05) is 13.6 Å². The number of rotatable bonds is 5. The molecule has 0 aromatic carbocycles. The molecule has 1 atom stereocenters. The van der Waals surface area contributed by atoms with E-state index in [1.807, 2.05) is 0 Å². The van der Waals surface area contributed by atoms with Gasteiger partial charge in [0.2, 0.25) is 0 Å². The minimum absolute atomic E-state index is 0.150. The Hall–Kier alpha value is -1.81. The summed E-state index contributed by atoms with van der Waals surface area (Å²) in [4.78, 5) is 22.6. The second-order valence-electron chi connectivity index (χ2n) is 4.27. The lowest BCUT2D eigenvalue weighted by atomic mass is 10.0. The van der Waals surface area contributed by atoms with Crippen LogP contribution in [0.15, 0.2) is 47.2 Å². The average molecular weight is 301 g/mol. The number of likely N-dealkylation sites (N-methyl/N-ethyl adjacent to an activating group) is 1. The van der Waals surface area contributed by atoms with Crippen molar-refractivity contribution in [1.82, 2.24) is 4.90 Å². The van der Waals surface area contributed by atoms with Gasteiger partial charge in [-0.3, -0.25) is 4.79 Å². The van der Waals surface area contributed by atoms with Gasteiger partial charge in [0.1, 0.15) is 0 Å². The Balaban J connectivity index is 3.04. The highest BCUT2D eigenvalue weighted by Crippen LogP contribution is 2.35. The number of alkyl halides is 2. The summed E-state index contributed by atoms with van der Waals surface area (Å²) < 4.78 is 26.4. The molecule has 0 amide bonds. The fraction of sp³-hybridized carbons (Fsp3) is 0.231. The molecule has 4 nitrogen and oxygen atoms in total. The summed E-state index contributed by atoms with van der Waals surface area (Å²) in [5.41, 5.74) is -2.79. The Morgan fingerprint density at radius 3 is 2.55 bits per heavy atom. The van der Waals surface area contributed by atoms with Crippen LogP contribution in [0.2, 0.25) is 0 Å². The molecule has 1 aliphatic heterocycles. The van der Waals surface area contributed by atoms with Crippen molar-refractivity contribution in [3.63, 3.8) is 0 Å². The van der Waals surface area contributed by atoms with Crippen LogP contribution in [0.3, 0.4) is 0 Å². The normalized spacial score (nSPS) is 16.4. The summed E-state index contributed by atoms with van der Waals surface area (Å²) in [6, 6.07) is 0. The lowest BCUT2D eigenvalue weighted by Gasteiger charge is -2.30. The predicted octanol–water partition coefficient (Wildman–Crippen LogP) is 1.98. The van der Waals surface area contributed by atoms with E-state index in [1.54, 1.807) is 0 Å². The van der Waals surface area contributed by atoms with Crippen molar-refractivity contribution in [2.45, 2.75) is 5.66 Å². The number of allylic oxidation sites excluding steroid dienone is 4. The number of carboxylic acid groups (broad SMARTS) is 1. The van der Waals surface area contributed by atoms with Crippen molar-refractivity contribution in [3.8, 4) is 0 Å². The van der Waals surface area contributed by atoms with Gasteiger partial charge in [0.15, 0.2) is 6.29 Å². The van der Waals surface area contributed by atoms with Crippen LogP contribution >= 0.6 is 9.24 Å². The smallest absolute Gasteiger partial charge is 0.339 e. The Labute approximate surface area is 117 Å². The van der Waals surface area contributed by atoms with Gasteiger partial charge in [0, 0.05) is 13.6 Å². The van der Waals surface area contributed by atoms with E-state index >= 15 is 0 Å². The van der Waals surface area contributed by atoms with Crippen molar-refractivity contribution < 1.29 is 23.5 Å². The molecular formula is C13H14F2NO3P. The van der Waals surface area contributed by atoms with Gasteiger partial charge in [0.05, 0.1) is 11.3 Å². The zero-order valence-corrected chi connectivity index (χ0v) is 11.9. The molecule has 0 aromatic heterocycles. The molecule has 1 unspecified atom stereocenters. The molecule has 0 aliphatic carbocycles. The van der Waals surface area contributed by atoms with Crippen LogP contribution in [0.1, 0.15) is 0 Å². The topological polar surface area (TPSA) is 57.6 Å². The van der Waals surface area contributed by atoms with Crippen LogP contribution < -0.4 is 0 Å². The first-order valence-corrected chi connectivity index (χ1v) is 6.13. The van der Waals surface area contributed by atoms with Crippen molar-refractivity contribution in [2.24, 2.45) is 0 Å². The molecule has 20 heavy (non-hydrogen) atoms. The zero-order valence-electron chi connectivity index (χ0n) is 10.8. The third-order valence-electron chi connectivity index (χ3n) is 2.72. The molecule has 0 fully saturated rings. The van der Waals surface area contributed by atoms with Crippen molar-refractivity contribution >= 4 is 21.5 Å². The first kappa shape index (κ1) is 16.2. The molecule has 1 heterocycles. The molecule has 0 radical (unpaired) electrons. The highest BCUT2D eigenvalue weighted by Gasteiger charge is 2.32. The Kier molecular flexibility index (Phi) is 4.95. The zero-order chi connectivity index (χ0) is 15.5. The van der Waals surface area contributed by atoms with Gasteiger partial charge < -0.3 is 10.0 Å². The molecule has 7 heteroatoms. The summed E-state index contributed by atoms with van der Waals surface area (Å²) in [7, 11) is 2.95. The summed E-state index contributed by atoms with van der Waals surface area (Å²) in [6.45, 7) is 3.80. The number of aliphatic carboxylic acids is 1. The number of carbonyl (C=O) groups is 2. The summed E-state index contributed by atoms with van der Waals surface area (Å²) in [6.07, 6.45) is 4.01. The second-order valence-corrected chi connectivity index (χ2v) is 5.00. The Morgan fingerprint density at radius 2 is 2.15 bits per heavy atom. The molecule has 0 spiro atoms. The molecule has 0 saturated carbocycles. The van der Waals surface area contributed by atoms with Gasteiger partial charge in [-0.2, -0.15) is 8.78 Å². The summed E-state index contributed by atoms with van der Waals surface area (Å²) in [5.74, 6) is -1.36. The Bertz CT molecular complexity index is 544. The molecule has 1 rings (SSSR count). The third kappa shape index (κ3) is 3.84. The predicted molar refractivity (Wildman–Crippen MR) is 74.4 cm³/mol. The van der Waals surface area contributed by atoms with Crippen LogP contribution in [0.4, 0.5) is 8.78 Å². The number of halogens is 2. The van der Waals surface area contributed by atoms with Crippen molar-refractivity contribution in [3.05, 3.63) is 47.2 Å². The van der Waals surface area contributed by atoms with Crippen LogP contribution in [-0.2, 0) is 9.59 Å². The summed E-state index contributed by atoms with van der Waals surface area (Å²) >= 11 is 0. The van der Waals surface area contributed by atoms with E-state index in [-0.39, 0.29) is 18.5 Å². The first-order chi connectivity index (χ1) is 9.16. The van der Waals surface area contributed by atoms with E-state index in [0.29, 0.717) is 11.1 Å². The molecule has 0 saturated heterocycles. The number of nitrogens with zero attached hydrogens (tertiary/aromatic N) is 1. The van der Waals surface area contributed by atoms with Gasteiger partial charge in [-0.15, -0.1) is 0 Å². The van der Waals surface area contributed by atoms with Gasteiger partial charge in [0.25, 0.3) is 5.66 Å². The average Bonchev–Trinajstić information content (AvgIpc) is 2.33. The van der Waals surface area contributed by atoms with Gasteiger partial charge >= 0.3 is 5.97 Å². The fourth-order valence-corrected chi connectivity index (χ4v) is 2.02. The van der Waals surface area contributed by atoms with E-state index in [2.05, 4.69) is 6.58 Å². The van der Waals surface area contributed by atoms with Gasteiger partial charge in [-0.25, -0.2) is 4.79 Å². The van der Waals surface area contributed by atoms with Gasteiger partial charge in [-0.1, -0.05) is 21.9 Å². The lowest BCUT2D eigenvalue weighted by molar-refractivity contribution is -0.133. The third-order valence-corrected chi connectivity index (χ3v) is 3.01. The van der Waals surface area contributed by atoms with E-state index in [1.165, 1.54) is 33.3 Å². The lowest BCUT2D eigenvalue weighted by Crippen LogP contribution is -2.31. The highest BCUT2D eigenvalue weighted by atomic mass is 31.0. The highest BCUT2D eigenvalue weighted by molar-refractivity contribution is 7.18. The maximum atomic E-state index is 13.2. The van der Waals surface area contributed by atoms with E-state index in [0.717, 1.165) is 6.08 Å². The molecule has 0 aromatic rings. The summed E-state index contributed by atoms with van der Waals surface area (Å²) in [5, 5.41) is 8.74. The number of hydrogen-bond donors (Lipinski definition) is 1. The standard InChI is InChI=1S/C13H14F2NO3P/c1-8(5-10(7-17)12(18)19)9-3-4-11(13(14,15)20)16(2)6-9/h3-5,7H,1,6,20H2,2H3,(H,18,19)/b10-5+. The van der Waals surface area contributed by atoms with Crippen LogP contribution in [0, 0.1) is 0 Å². The molecule has 1 aliphatic rings. The molecule has 1 N–H and O–H groups in total. The maximum absolute atomic E-state index is 13.2. The van der Waals surface area contributed by atoms with E-state index < -0.39 is 17.2 Å². The number of carbonyl (C=O) groups excluding carboxylic acids is 1. The Morgan fingerprint density at radius 1 is 1.55 bits per heavy atom. The van der Waals surface area contributed by atoms with Crippen molar-refractivity contribution in [1.29, 1.82) is 0 Å². The van der Waals surface area contributed by atoms with E-state index in [9.17, 15) is 18.4 Å². The minimum atomic E-state index is -3.04. The van der Waals surface area contributed by atoms with Gasteiger partial charge in [-0.05, 0) is 23.3 Å². The van der Waals surface area contributed by atoms with Crippen LogP contribution in [-0.4, -0.2) is 41.5 Å². The quantitative estimate of drug-likeness (QED) is 0.211. The fourth-order valence-electron chi connectivity index (χ4n) is 1.70. The molecule has 0 bridgehead atoms. The largest absolute Gasteiger partial charge is 0.478 e. The van der Waals surface area contributed by atoms with Crippen LogP contribution in [0.5, 0.6) is 0 Å². The number of hydrogen-bond acceptors (Lipinski definition) is 3. The second kappa shape index (κ2) is 6.09. The first-order valence-electron chi connectivity index (χ1n) is 5.55. The monoisotopic (exact) mass is 301 g/mol. The minimum Gasteiger partial charge on any atom is -0.478 e. The molecular weight excluding hydrogens is 287 g/mol.